The number of thiophene rings is 2. The molecule has 3 heterocycles. The highest BCUT2D eigenvalue weighted by Crippen LogP contribution is 2.28. The summed E-state index contributed by atoms with van der Waals surface area (Å²) in [5.74, 6) is 0.861. The van der Waals surface area contributed by atoms with Gasteiger partial charge in [0.05, 0.1) is 10.6 Å². The number of benzene rings is 1. The van der Waals surface area contributed by atoms with E-state index in [0.717, 1.165) is 16.4 Å². The molecule has 0 amide bonds. The monoisotopic (exact) mass is 315 g/mol. The van der Waals surface area contributed by atoms with Gasteiger partial charge >= 0.3 is 0 Å². The minimum absolute atomic E-state index is 0.614. The first-order chi connectivity index (χ1) is 9.83. The number of nitrogens with zero attached hydrogens (tertiary/aromatic N) is 2. The molecule has 1 N–H and O–H groups in total. The van der Waals surface area contributed by atoms with Crippen LogP contribution in [0.1, 0.15) is 0 Å². The fourth-order valence-electron chi connectivity index (χ4n) is 2.20. The van der Waals surface area contributed by atoms with Gasteiger partial charge in [-0.3, -0.25) is 9.67 Å². The van der Waals surface area contributed by atoms with E-state index in [1.165, 1.54) is 10.1 Å². The van der Waals surface area contributed by atoms with Gasteiger partial charge in [0, 0.05) is 4.70 Å². The quantitative estimate of drug-likeness (QED) is 0.535. The smallest absolute Gasteiger partial charge is 0.200 e. The topological polar surface area (TPSA) is 33.6 Å². The zero-order chi connectivity index (χ0) is 13.5. The van der Waals surface area contributed by atoms with Crippen LogP contribution in [0.3, 0.4) is 0 Å². The maximum Gasteiger partial charge on any atom is 0.200 e. The van der Waals surface area contributed by atoms with E-state index >= 15 is 0 Å². The number of nitrogens with one attached hydrogen (secondary N) is 1. The molecule has 20 heavy (non-hydrogen) atoms. The van der Waals surface area contributed by atoms with Crippen LogP contribution in [0.2, 0.25) is 0 Å². The van der Waals surface area contributed by atoms with E-state index in [4.69, 9.17) is 12.2 Å². The molecule has 6 heteroatoms. The molecule has 3 aromatic heterocycles. The van der Waals surface area contributed by atoms with E-state index in [1.54, 1.807) is 22.7 Å². The SMILES string of the molecule is S=c1[nH]nc(-c2cccs2)n1-c1ccc2sccc2c1. The van der Waals surface area contributed by atoms with E-state index in [9.17, 15) is 0 Å². The number of hydrogen-bond acceptors (Lipinski definition) is 4. The lowest BCUT2D eigenvalue weighted by Gasteiger charge is -2.05. The molecule has 0 aliphatic carbocycles. The van der Waals surface area contributed by atoms with Crippen molar-refractivity contribution in [3.63, 3.8) is 0 Å². The molecule has 0 saturated heterocycles. The van der Waals surface area contributed by atoms with Crippen LogP contribution >= 0.6 is 34.9 Å². The van der Waals surface area contributed by atoms with E-state index in [1.807, 2.05) is 16.0 Å². The van der Waals surface area contributed by atoms with Crippen LogP contribution in [-0.2, 0) is 0 Å². The van der Waals surface area contributed by atoms with Gasteiger partial charge < -0.3 is 0 Å². The third-order valence-corrected chi connectivity index (χ3v) is 5.15. The van der Waals surface area contributed by atoms with Gasteiger partial charge in [-0.15, -0.1) is 22.7 Å². The Kier molecular flexibility index (Phi) is 2.80. The van der Waals surface area contributed by atoms with Crippen LogP contribution < -0.4 is 0 Å². The maximum absolute atomic E-state index is 5.38. The van der Waals surface area contributed by atoms with Crippen LogP contribution in [0.15, 0.2) is 47.2 Å². The van der Waals surface area contributed by atoms with E-state index in [2.05, 4.69) is 45.9 Å². The summed E-state index contributed by atoms with van der Waals surface area (Å²) < 4.78 is 3.88. The summed E-state index contributed by atoms with van der Waals surface area (Å²) in [6, 6.07) is 12.6. The lowest BCUT2D eigenvalue weighted by molar-refractivity contribution is 1.04. The van der Waals surface area contributed by atoms with Crippen LogP contribution in [0.4, 0.5) is 0 Å². The summed E-state index contributed by atoms with van der Waals surface area (Å²) >= 11 is 8.78. The molecule has 0 radical (unpaired) electrons. The summed E-state index contributed by atoms with van der Waals surface area (Å²) in [6.45, 7) is 0. The van der Waals surface area contributed by atoms with Gasteiger partial charge in [0.25, 0.3) is 0 Å². The molecule has 4 rings (SSSR count). The minimum atomic E-state index is 0.614. The summed E-state index contributed by atoms with van der Waals surface area (Å²) in [7, 11) is 0. The largest absolute Gasteiger partial charge is 0.267 e. The van der Waals surface area contributed by atoms with Crippen LogP contribution in [0.5, 0.6) is 0 Å². The molecular weight excluding hydrogens is 306 g/mol. The van der Waals surface area contributed by atoms with Gasteiger partial charge in [0.2, 0.25) is 0 Å². The Morgan fingerprint density at radius 1 is 1.10 bits per heavy atom. The van der Waals surface area contributed by atoms with Crippen molar-refractivity contribution in [3.8, 4) is 16.4 Å². The number of rotatable bonds is 2. The first kappa shape index (κ1) is 12.0. The van der Waals surface area contributed by atoms with Crippen molar-refractivity contribution in [3.05, 3.63) is 51.9 Å². The molecule has 0 saturated carbocycles. The fourth-order valence-corrected chi connectivity index (χ4v) is 3.91. The minimum Gasteiger partial charge on any atom is -0.267 e. The Hall–Kier alpha value is -1.76. The number of aromatic nitrogens is 3. The standard InChI is InChI=1S/C14H9N3S3/c18-14-16-15-13(12-2-1-6-19-12)17(14)10-3-4-11-9(8-10)5-7-20-11/h1-8H,(H,16,18). The van der Waals surface area contributed by atoms with E-state index < -0.39 is 0 Å². The van der Waals surface area contributed by atoms with Crippen molar-refractivity contribution in [1.29, 1.82) is 0 Å². The fraction of sp³-hybridized carbons (Fsp3) is 0. The highest BCUT2D eigenvalue weighted by Gasteiger charge is 2.11. The third-order valence-electron chi connectivity index (χ3n) is 3.11. The molecule has 1 aromatic carbocycles. The third kappa shape index (κ3) is 1.84. The van der Waals surface area contributed by atoms with Gasteiger partial charge in [0.15, 0.2) is 10.6 Å². The van der Waals surface area contributed by atoms with Gasteiger partial charge in [-0.25, -0.2) is 0 Å². The lowest BCUT2D eigenvalue weighted by atomic mass is 10.2. The van der Waals surface area contributed by atoms with Crippen molar-refractivity contribution >= 4 is 45.0 Å². The molecule has 0 atom stereocenters. The highest BCUT2D eigenvalue weighted by atomic mass is 32.1. The Morgan fingerprint density at radius 2 is 2.05 bits per heavy atom. The number of H-pyrrole nitrogens is 1. The van der Waals surface area contributed by atoms with Crippen molar-refractivity contribution in [2.75, 3.05) is 0 Å². The molecule has 0 unspecified atom stereocenters. The average Bonchev–Trinajstić information content (AvgIpc) is 3.17. The molecule has 98 valence electrons. The summed E-state index contributed by atoms with van der Waals surface area (Å²) in [6.07, 6.45) is 0. The van der Waals surface area contributed by atoms with Crippen LogP contribution in [0.25, 0.3) is 26.5 Å². The first-order valence-corrected chi connectivity index (χ1v) is 8.18. The number of hydrogen-bond donors (Lipinski definition) is 1. The first-order valence-electron chi connectivity index (χ1n) is 6.02. The van der Waals surface area contributed by atoms with E-state index in [0.29, 0.717) is 4.77 Å². The van der Waals surface area contributed by atoms with Crippen LogP contribution in [0, 0.1) is 4.77 Å². The highest BCUT2D eigenvalue weighted by molar-refractivity contribution is 7.71. The Bertz CT molecular complexity index is 928. The summed E-state index contributed by atoms with van der Waals surface area (Å²) in [4.78, 5) is 1.10. The van der Waals surface area contributed by atoms with Gasteiger partial charge in [-0.2, -0.15) is 5.10 Å². The van der Waals surface area contributed by atoms with Crippen molar-refractivity contribution in [1.82, 2.24) is 14.8 Å². The van der Waals surface area contributed by atoms with Gasteiger partial charge in [-0.1, -0.05) is 6.07 Å². The predicted molar refractivity (Wildman–Crippen MR) is 87.4 cm³/mol. The van der Waals surface area contributed by atoms with Crippen molar-refractivity contribution in [2.24, 2.45) is 0 Å². The molecule has 0 aliphatic rings. The zero-order valence-corrected chi connectivity index (χ0v) is 12.7. The Labute approximate surface area is 128 Å². The van der Waals surface area contributed by atoms with Gasteiger partial charge in [-0.05, 0) is 58.7 Å². The summed E-state index contributed by atoms with van der Waals surface area (Å²) in [5.41, 5.74) is 1.04. The number of aromatic amines is 1. The molecule has 0 aliphatic heterocycles. The zero-order valence-electron chi connectivity index (χ0n) is 10.2. The molecule has 4 aromatic rings. The second kappa shape index (κ2) is 4.66. The molecular formula is C14H9N3S3. The average molecular weight is 315 g/mol. The molecule has 0 bridgehead atoms. The van der Waals surface area contributed by atoms with E-state index in [-0.39, 0.29) is 0 Å². The normalized spacial score (nSPS) is 11.2. The van der Waals surface area contributed by atoms with Crippen LogP contribution in [-0.4, -0.2) is 14.8 Å². The molecule has 3 nitrogen and oxygen atoms in total. The lowest BCUT2D eigenvalue weighted by Crippen LogP contribution is -1.96. The Morgan fingerprint density at radius 3 is 2.90 bits per heavy atom. The van der Waals surface area contributed by atoms with Crippen molar-refractivity contribution < 1.29 is 0 Å². The number of fused-ring (bicyclic) bond motifs is 1. The maximum atomic E-state index is 5.38. The Balaban J connectivity index is 1.97. The second-order valence-corrected chi connectivity index (χ2v) is 6.59. The predicted octanol–water partition coefficient (Wildman–Crippen LogP) is 4.87. The van der Waals surface area contributed by atoms with Crippen molar-refractivity contribution in [2.45, 2.75) is 0 Å². The molecule has 0 fully saturated rings. The second-order valence-electron chi connectivity index (χ2n) is 4.31. The molecule has 0 spiro atoms. The van der Waals surface area contributed by atoms with Gasteiger partial charge in [0.1, 0.15) is 0 Å². The summed E-state index contributed by atoms with van der Waals surface area (Å²) in [5, 5.41) is 12.6.